The van der Waals surface area contributed by atoms with Crippen molar-refractivity contribution in [1.82, 2.24) is 10.3 Å². The largest absolute Gasteiger partial charge is 0.501 e. The van der Waals surface area contributed by atoms with Crippen molar-refractivity contribution >= 4 is 16.8 Å². The summed E-state index contributed by atoms with van der Waals surface area (Å²) in [4.78, 5) is 17.4. The van der Waals surface area contributed by atoms with E-state index in [1.807, 2.05) is 49.4 Å². The summed E-state index contributed by atoms with van der Waals surface area (Å²) in [6.07, 6.45) is 6.10. The summed E-state index contributed by atoms with van der Waals surface area (Å²) in [6, 6.07) is 9.22. The highest BCUT2D eigenvalue weighted by atomic mass is 16.5. The van der Waals surface area contributed by atoms with Crippen LogP contribution in [-0.2, 0) is 15.9 Å². The lowest BCUT2D eigenvalue weighted by molar-refractivity contribution is -0.0261. The first-order valence-electron chi connectivity index (χ1n) is 10.0. The summed E-state index contributed by atoms with van der Waals surface area (Å²) in [6.45, 7) is 6.53. The van der Waals surface area contributed by atoms with Crippen LogP contribution < -0.4 is 5.32 Å². The number of hydrogen-bond acceptors (Lipinski definition) is 5. The zero-order valence-corrected chi connectivity index (χ0v) is 17.4. The number of carbonyl (C=O) groups excluding carboxylic acids is 1. The third-order valence-corrected chi connectivity index (χ3v) is 5.19. The molecule has 1 aromatic carbocycles. The van der Waals surface area contributed by atoms with Gasteiger partial charge in [-0.15, -0.1) is 0 Å². The van der Waals surface area contributed by atoms with Gasteiger partial charge in [-0.05, 0) is 49.1 Å². The van der Waals surface area contributed by atoms with E-state index in [9.17, 15) is 9.90 Å². The second-order valence-corrected chi connectivity index (χ2v) is 7.30. The van der Waals surface area contributed by atoms with Gasteiger partial charge in [0.2, 0.25) is 0 Å². The molecule has 2 heterocycles. The molecule has 2 N–H and O–H groups in total. The Hall–Kier alpha value is -2.96. The number of amides is 1. The summed E-state index contributed by atoms with van der Waals surface area (Å²) in [5.74, 6) is 0.497. The van der Waals surface area contributed by atoms with Gasteiger partial charge in [0, 0.05) is 12.0 Å². The highest BCUT2D eigenvalue weighted by Crippen LogP contribution is 2.22. The van der Waals surface area contributed by atoms with Crippen LogP contribution in [0.1, 0.15) is 29.4 Å². The smallest absolute Gasteiger partial charge is 0.270 e. The number of aromatic nitrogens is 1. The normalized spacial score (nSPS) is 20.1. The Bertz CT molecular complexity index is 980. The minimum atomic E-state index is -0.714. The molecule has 1 amide bonds. The number of carbonyl (C=O) groups is 1. The van der Waals surface area contributed by atoms with E-state index in [-0.39, 0.29) is 18.6 Å². The Balaban J connectivity index is 1.92. The second-order valence-electron chi connectivity index (χ2n) is 7.30. The first-order valence-corrected chi connectivity index (χ1v) is 10.0. The number of methoxy groups -OCH3 is 1. The molecule has 0 saturated carbocycles. The number of ether oxygens (including phenoxy) is 2. The topological polar surface area (TPSA) is 80.7 Å². The van der Waals surface area contributed by atoms with Gasteiger partial charge in [-0.25, -0.2) is 4.98 Å². The molecule has 3 rings (SSSR count). The van der Waals surface area contributed by atoms with Crippen LogP contribution in [0.15, 0.2) is 66.5 Å². The molecule has 0 bridgehead atoms. The molecule has 0 aliphatic carbocycles. The maximum Gasteiger partial charge on any atom is 0.270 e. The molecule has 0 spiro atoms. The van der Waals surface area contributed by atoms with Gasteiger partial charge in [-0.2, -0.15) is 0 Å². The molecule has 1 aliphatic rings. The molecule has 1 saturated heterocycles. The predicted molar refractivity (Wildman–Crippen MR) is 117 cm³/mol. The van der Waals surface area contributed by atoms with E-state index < -0.39 is 6.10 Å². The maximum absolute atomic E-state index is 12.9. The summed E-state index contributed by atoms with van der Waals surface area (Å²) >= 11 is 0. The molecule has 0 unspecified atom stereocenters. The van der Waals surface area contributed by atoms with Crippen molar-refractivity contribution in [2.45, 2.75) is 31.9 Å². The van der Waals surface area contributed by atoms with Crippen molar-refractivity contribution in [3.63, 3.8) is 0 Å². The first-order chi connectivity index (χ1) is 14.5. The zero-order valence-electron chi connectivity index (χ0n) is 17.4. The fraction of sp³-hybridized carbons (Fsp3) is 0.333. The van der Waals surface area contributed by atoms with Crippen LogP contribution in [0.3, 0.4) is 0 Å². The fourth-order valence-electron chi connectivity index (χ4n) is 3.36. The number of aliphatic hydroxyl groups is 1. The average molecular weight is 408 g/mol. The number of rotatable bonds is 7. The number of allylic oxidation sites excluding steroid dienone is 5. The van der Waals surface area contributed by atoms with Crippen LogP contribution in [0.2, 0.25) is 0 Å². The zero-order chi connectivity index (χ0) is 21.5. The lowest BCUT2D eigenvalue weighted by atomic mass is 9.99. The standard InChI is InChI=1S/C24H28N2O4/c1-4-17(10-9-16(2)29-3)13-18-14-22(25-20-8-6-5-7-19(18)20)24(28)26-21-11-12-30-15-23(21)27/h4-10,14,21,23,27H,1,11-13,15H2,2-3H3,(H,26,28)/b16-9+,17-10+/t21-,23-/m0/s1. The van der Waals surface area contributed by atoms with Gasteiger partial charge < -0.3 is 19.9 Å². The third kappa shape index (κ3) is 5.34. The van der Waals surface area contributed by atoms with Crippen LogP contribution in [0.4, 0.5) is 0 Å². The summed E-state index contributed by atoms with van der Waals surface area (Å²) in [7, 11) is 1.63. The highest BCUT2D eigenvalue weighted by molar-refractivity contribution is 5.96. The molecule has 0 radical (unpaired) electrons. The van der Waals surface area contributed by atoms with Gasteiger partial charge in [0.1, 0.15) is 5.69 Å². The van der Waals surface area contributed by atoms with E-state index in [0.717, 1.165) is 27.8 Å². The molecule has 158 valence electrons. The summed E-state index contributed by atoms with van der Waals surface area (Å²) in [5, 5.41) is 14.0. The van der Waals surface area contributed by atoms with Gasteiger partial charge in [0.25, 0.3) is 5.91 Å². The molecule has 1 aromatic heterocycles. The van der Waals surface area contributed by atoms with Crippen LogP contribution in [0, 0.1) is 0 Å². The van der Waals surface area contributed by atoms with Crippen molar-refractivity contribution in [2.75, 3.05) is 20.3 Å². The summed E-state index contributed by atoms with van der Waals surface area (Å²) < 4.78 is 10.4. The molecule has 6 nitrogen and oxygen atoms in total. The maximum atomic E-state index is 12.9. The molecular weight excluding hydrogens is 380 g/mol. The van der Waals surface area contributed by atoms with E-state index in [1.165, 1.54) is 0 Å². The number of benzene rings is 1. The van der Waals surface area contributed by atoms with Crippen LogP contribution in [-0.4, -0.2) is 48.5 Å². The van der Waals surface area contributed by atoms with Crippen LogP contribution >= 0.6 is 0 Å². The number of para-hydroxylation sites is 1. The average Bonchev–Trinajstić information content (AvgIpc) is 2.77. The Labute approximate surface area is 176 Å². The van der Waals surface area contributed by atoms with Crippen molar-refractivity contribution in [1.29, 1.82) is 0 Å². The number of fused-ring (bicyclic) bond motifs is 1. The molecule has 2 aromatic rings. The minimum Gasteiger partial charge on any atom is -0.501 e. The Morgan fingerprint density at radius 3 is 2.93 bits per heavy atom. The molecule has 6 heteroatoms. The van der Waals surface area contributed by atoms with Gasteiger partial charge >= 0.3 is 0 Å². The molecule has 30 heavy (non-hydrogen) atoms. The van der Waals surface area contributed by atoms with E-state index in [1.54, 1.807) is 13.2 Å². The first kappa shape index (κ1) is 21.7. The summed E-state index contributed by atoms with van der Waals surface area (Å²) in [5.41, 5.74) is 3.05. The quantitative estimate of drug-likeness (QED) is 0.543. The Morgan fingerprint density at radius 2 is 2.20 bits per heavy atom. The number of pyridine rings is 1. The molecular formula is C24H28N2O4. The lowest BCUT2D eigenvalue weighted by Gasteiger charge is -2.28. The number of nitrogens with zero attached hydrogens (tertiary/aromatic N) is 1. The van der Waals surface area contributed by atoms with E-state index in [2.05, 4.69) is 16.9 Å². The van der Waals surface area contributed by atoms with Crippen LogP contribution in [0.25, 0.3) is 10.9 Å². The van der Waals surface area contributed by atoms with E-state index in [0.29, 0.717) is 25.1 Å². The fourth-order valence-corrected chi connectivity index (χ4v) is 3.36. The lowest BCUT2D eigenvalue weighted by Crippen LogP contribution is -2.48. The Morgan fingerprint density at radius 1 is 1.40 bits per heavy atom. The SMILES string of the molecule is C=C/C(=C\C=C(/C)OC)Cc1cc(C(=O)N[C@H]2CCOC[C@@H]2O)nc2ccccc12. The van der Waals surface area contributed by atoms with Gasteiger partial charge in [0.05, 0.1) is 37.1 Å². The highest BCUT2D eigenvalue weighted by Gasteiger charge is 2.26. The second kappa shape index (κ2) is 10.2. The number of hydrogen-bond donors (Lipinski definition) is 2. The molecule has 2 atom stereocenters. The van der Waals surface area contributed by atoms with E-state index >= 15 is 0 Å². The molecule has 1 aliphatic heterocycles. The van der Waals surface area contributed by atoms with Crippen LogP contribution in [0.5, 0.6) is 0 Å². The number of aliphatic hydroxyl groups excluding tert-OH is 1. The monoisotopic (exact) mass is 408 g/mol. The van der Waals surface area contributed by atoms with Gasteiger partial charge in [-0.1, -0.05) is 36.9 Å². The predicted octanol–water partition coefficient (Wildman–Crippen LogP) is 3.32. The van der Waals surface area contributed by atoms with Crippen molar-refractivity contribution in [3.8, 4) is 0 Å². The van der Waals surface area contributed by atoms with Crippen molar-refractivity contribution in [2.24, 2.45) is 0 Å². The minimum absolute atomic E-state index is 0.225. The van der Waals surface area contributed by atoms with Crippen molar-refractivity contribution < 1.29 is 19.4 Å². The van der Waals surface area contributed by atoms with Gasteiger partial charge in [-0.3, -0.25) is 4.79 Å². The van der Waals surface area contributed by atoms with Gasteiger partial charge in [0.15, 0.2) is 0 Å². The Kier molecular flexibility index (Phi) is 7.38. The molecule has 1 fully saturated rings. The number of nitrogens with one attached hydrogen (secondary N) is 1. The third-order valence-electron chi connectivity index (χ3n) is 5.19. The van der Waals surface area contributed by atoms with Crippen molar-refractivity contribution in [3.05, 3.63) is 77.7 Å². The van der Waals surface area contributed by atoms with E-state index in [4.69, 9.17) is 9.47 Å².